The molecule has 0 aromatic carbocycles. The molecule has 1 unspecified atom stereocenters. The summed E-state index contributed by atoms with van der Waals surface area (Å²) in [6.45, 7) is 6.21. The molecule has 2 rings (SSSR count). The first-order chi connectivity index (χ1) is 11.5. The molecule has 1 fully saturated rings. The van der Waals surface area contributed by atoms with Crippen molar-refractivity contribution < 1.29 is 22.7 Å². The molecule has 2 heterocycles. The highest BCUT2D eigenvalue weighted by atomic mass is 19.4. The second-order valence-electron chi connectivity index (χ2n) is 6.76. The number of alkyl halides is 3. The van der Waals surface area contributed by atoms with Crippen molar-refractivity contribution in [1.82, 2.24) is 14.9 Å². The Kier molecular flexibility index (Phi) is 5.28. The topological polar surface area (TPSA) is 79.4 Å². The van der Waals surface area contributed by atoms with Crippen LogP contribution in [0.2, 0.25) is 0 Å². The van der Waals surface area contributed by atoms with Crippen molar-refractivity contribution in [1.29, 1.82) is 0 Å². The van der Waals surface area contributed by atoms with Crippen molar-refractivity contribution in [2.75, 3.05) is 30.8 Å². The molecular weight excluding hydrogens is 339 g/mol. The minimum absolute atomic E-state index is 0.0772. The molecule has 0 radical (unpaired) electrons. The van der Waals surface area contributed by atoms with Crippen LogP contribution in [-0.2, 0) is 10.9 Å². The number of nitrogens with one attached hydrogen (secondary N) is 2. The van der Waals surface area contributed by atoms with Gasteiger partial charge in [-0.05, 0) is 27.2 Å². The summed E-state index contributed by atoms with van der Waals surface area (Å²) in [5.41, 5.74) is -1.51. The molecule has 25 heavy (non-hydrogen) atoms. The minimum atomic E-state index is -4.53. The van der Waals surface area contributed by atoms with Crippen LogP contribution in [0.4, 0.5) is 29.7 Å². The fraction of sp³-hybridized carbons (Fsp3) is 0.667. The van der Waals surface area contributed by atoms with Crippen LogP contribution in [0.15, 0.2) is 6.20 Å². The summed E-state index contributed by atoms with van der Waals surface area (Å²) in [7, 11) is 1.36. The van der Waals surface area contributed by atoms with Gasteiger partial charge in [0.25, 0.3) is 0 Å². The Morgan fingerprint density at radius 2 is 2.04 bits per heavy atom. The van der Waals surface area contributed by atoms with Gasteiger partial charge in [-0.2, -0.15) is 18.2 Å². The number of nitrogens with zero attached hydrogens (tertiary/aromatic N) is 3. The van der Waals surface area contributed by atoms with Crippen molar-refractivity contribution in [2.45, 2.75) is 45.0 Å². The van der Waals surface area contributed by atoms with E-state index >= 15 is 0 Å². The summed E-state index contributed by atoms with van der Waals surface area (Å²) >= 11 is 0. The highest BCUT2D eigenvalue weighted by molar-refractivity contribution is 5.68. The molecule has 140 valence electrons. The monoisotopic (exact) mass is 361 g/mol. The van der Waals surface area contributed by atoms with E-state index in [0.29, 0.717) is 19.5 Å². The van der Waals surface area contributed by atoms with Crippen LogP contribution in [-0.4, -0.2) is 52.7 Å². The van der Waals surface area contributed by atoms with Gasteiger partial charge in [0.1, 0.15) is 17.0 Å². The summed E-state index contributed by atoms with van der Waals surface area (Å²) < 4.78 is 43.8. The molecule has 1 aromatic heterocycles. The van der Waals surface area contributed by atoms with Gasteiger partial charge in [-0.15, -0.1) is 0 Å². The number of likely N-dealkylation sites (tertiary alicyclic amines) is 1. The number of anilines is 2. The van der Waals surface area contributed by atoms with Crippen LogP contribution < -0.4 is 10.6 Å². The average Bonchev–Trinajstić information content (AvgIpc) is 2.93. The Labute approximate surface area is 144 Å². The van der Waals surface area contributed by atoms with Gasteiger partial charge in [-0.25, -0.2) is 9.78 Å². The lowest BCUT2D eigenvalue weighted by molar-refractivity contribution is -0.137. The fourth-order valence-corrected chi connectivity index (χ4v) is 2.40. The Bertz CT molecular complexity index is 631. The number of amides is 1. The predicted octanol–water partition coefficient (Wildman–Crippen LogP) is 2.96. The number of carbonyl (C=O) groups is 1. The average molecular weight is 361 g/mol. The molecule has 10 heteroatoms. The smallest absolute Gasteiger partial charge is 0.421 e. The zero-order valence-electron chi connectivity index (χ0n) is 14.6. The number of hydrogen-bond acceptors (Lipinski definition) is 6. The van der Waals surface area contributed by atoms with E-state index in [1.54, 1.807) is 25.7 Å². The van der Waals surface area contributed by atoms with Crippen molar-refractivity contribution in [3.63, 3.8) is 0 Å². The van der Waals surface area contributed by atoms with E-state index in [0.717, 1.165) is 6.20 Å². The van der Waals surface area contributed by atoms with E-state index in [4.69, 9.17) is 4.74 Å². The highest BCUT2D eigenvalue weighted by Gasteiger charge is 2.35. The molecule has 1 aliphatic heterocycles. The van der Waals surface area contributed by atoms with E-state index in [2.05, 4.69) is 20.6 Å². The summed E-state index contributed by atoms with van der Waals surface area (Å²) in [6.07, 6.45) is -3.58. The lowest BCUT2D eigenvalue weighted by Gasteiger charge is -2.24. The third-order valence-electron chi connectivity index (χ3n) is 3.50. The molecule has 0 bridgehead atoms. The summed E-state index contributed by atoms with van der Waals surface area (Å²) in [5.74, 6) is -0.222. The molecule has 2 N–H and O–H groups in total. The van der Waals surface area contributed by atoms with E-state index in [1.165, 1.54) is 7.05 Å². The number of aromatic nitrogens is 2. The van der Waals surface area contributed by atoms with Gasteiger partial charge in [0.15, 0.2) is 0 Å². The van der Waals surface area contributed by atoms with E-state index in [-0.39, 0.29) is 17.8 Å². The van der Waals surface area contributed by atoms with Gasteiger partial charge in [0.2, 0.25) is 5.95 Å². The van der Waals surface area contributed by atoms with Crippen molar-refractivity contribution >= 4 is 17.9 Å². The first kappa shape index (κ1) is 19.1. The number of hydrogen-bond donors (Lipinski definition) is 2. The molecule has 0 spiro atoms. The van der Waals surface area contributed by atoms with E-state index in [1.807, 2.05) is 0 Å². The first-order valence-electron chi connectivity index (χ1n) is 7.86. The highest BCUT2D eigenvalue weighted by Crippen LogP contribution is 2.33. The standard InChI is InChI=1S/C15H22F3N5O2/c1-14(2,3)25-13(24)23-6-5-9(8-23)21-12-20-7-10(15(16,17)18)11(19-4)22-12/h7,9H,5-6,8H2,1-4H3,(H2,19,20,21,22). The third-order valence-corrected chi connectivity index (χ3v) is 3.50. The molecule has 1 amide bonds. The molecule has 7 nitrogen and oxygen atoms in total. The SMILES string of the molecule is CNc1nc(NC2CCN(C(=O)OC(C)(C)C)C2)ncc1C(F)(F)F. The Hall–Kier alpha value is -2.26. The van der Waals surface area contributed by atoms with Crippen LogP contribution in [0.5, 0.6) is 0 Å². The van der Waals surface area contributed by atoms with Crippen molar-refractivity contribution in [2.24, 2.45) is 0 Å². The van der Waals surface area contributed by atoms with Gasteiger partial charge < -0.3 is 20.3 Å². The molecule has 0 saturated carbocycles. The van der Waals surface area contributed by atoms with Crippen molar-refractivity contribution in [3.8, 4) is 0 Å². The molecule has 1 aromatic rings. The largest absolute Gasteiger partial charge is 0.444 e. The van der Waals surface area contributed by atoms with Crippen molar-refractivity contribution in [3.05, 3.63) is 11.8 Å². The Morgan fingerprint density at radius 1 is 1.36 bits per heavy atom. The quantitative estimate of drug-likeness (QED) is 0.862. The molecule has 0 aliphatic carbocycles. The van der Waals surface area contributed by atoms with Crippen LogP contribution in [0.3, 0.4) is 0 Å². The van der Waals surface area contributed by atoms with Crippen LogP contribution in [0.1, 0.15) is 32.8 Å². The summed E-state index contributed by atoms with van der Waals surface area (Å²) in [5, 5.41) is 5.39. The van der Waals surface area contributed by atoms with Gasteiger partial charge in [0, 0.05) is 32.4 Å². The van der Waals surface area contributed by atoms with Crippen LogP contribution in [0.25, 0.3) is 0 Å². The third kappa shape index (κ3) is 5.10. The maximum Gasteiger partial charge on any atom is 0.421 e. The molecule has 1 aliphatic rings. The second kappa shape index (κ2) is 6.93. The second-order valence-corrected chi connectivity index (χ2v) is 6.76. The van der Waals surface area contributed by atoms with Gasteiger partial charge in [-0.1, -0.05) is 0 Å². The Morgan fingerprint density at radius 3 is 2.60 bits per heavy atom. The predicted molar refractivity (Wildman–Crippen MR) is 86.4 cm³/mol. The minimum Gasteiger partial charge on any atom is -0.444 e. The summed E-state index contributed by atoms with van der Waals surface area (Å²) in [4.78, 5) is 21.2. The first-order valence-corrected chi connectivity index (χ1v) is 7.86. The zero-order chi connectivity index (χ0) is 18.8. The van der Waals surface area contributed by atoms with Crippen LogP contribution in [0, 0.1) is 0 Å². The lowest BCUT2D eigenvalue weighted by atomic mass is 10.2. The maximum absolute atomic E-state index is 12.8. The van der Waals surface area contributed by atoms with Gasteiger partial charge in [0.05, 0.1) is 0 Å². The normalized spacial score (nSPS) is 18.2. The number of carbonyl (C=O) groups excluding carboxylic acids is 1. The van der Waals surface area contributed by atoms with E-state index in [9.17, 15) is 18.0 Å². The number of rotatable bonds is 3. The number of halogens is 3. The number of ether oxygens (including phenoxy) is 1. The van der Waals surface area contributed by atoms with Gasteiger partial charge in [-0.3, -0.25) is 0 Å². The molecule has 1 saturated heterocycles. The van der Waals surface area contributed by atoms with Gasteiger partial charge >= 0.3 is 12.3 Å². The Balaban J connectivity index is 2.01. The van der Waals surface area contributed by atoms with E-state index < -0.39 is 23.4 Å². The summed E-state index contributed by atoms with van der Waals surface area (Å²) in [6, 6.07) is -0.158. The van der Waals surface area contributed by atoms with Crippen LogP contribution >= 0.6 is 0 Å². The maximum atomic E-state index is 12.8. The molecule has 1 atom stereocenters. The molecular formula is C15H22F3N5O2. The zero-order valence-corrected chi connectivity index (χ0v) is 14.6. The lowest BCUT2D eigenvalue weighted by Crippen LogP contribution is -2.36. The fourth-order valence-electron chi connectivity index (χ4n) is 2.40.